The highest BCUT2D eigenvalue weighted by molar-refractivity contribution is 7.12. The van der Waals surface area contributed by atoms with Crippen molar-refractivity contribution in [2.45, 2.75) is 31.2 Å². The standard InChI is InChI=1S/C26H32N2O2S/c29-26-25(14-19-31-26)30-18-7-12-23-20-28(17-15-27-23)16-13-24(21-8-3-1-4-9-21)22-10-5-2-6-11-22/h1-6,8-11,14,19,23-24,27,29H,7,12-13,15-18,20H2. The van der Waals surface area contributed by atoms with Crippen LogP contribution in [0.25, 0.3) is 0 Å². The molecule has 0 amide bonds. The Balaban J connectivity index is 1.26. The van der Waals surface area contributed by atoms with Crippen molar-refractivity contribution in [1.82, 2.24) is 10.2 Å². The molecule has 4 rings (SSSR count). The molecule has 2 aromatic carbocycles. The maximum Gasteiger partial charge on any atom is 0.214 e. The molecule has 164 valence electrons. The molecule has 31 heavy (non-hydrogen) atoms. The van der Waals surface area contributed by atoms with Crippen molar-refractivity contribution >= 4 is 11.3 Å². The van der Waals surface area contributed by atoms with E-state index < -0.39 is 0 Å². The molecule has 1 aromatic heterocycles. The van der Waals surface area contributed by atoms with Crippen LogP contribution >= 0.6 is 11.3 Å². The second kappa shape index (κ2) is 11.3. The first-order valence-electron chi connectivity index (χ1n) is 11.2. The van der Waals surface area contributed by atoms with E-state index in [0.717, 1.165) is 45.4 Å². The Kier molecular flexibility index (Phi) is 7.99. The van der Waals surface area contributed by atoms with Crippen LogP contribution in [-0.4, -0.2) is 48.8 Å². The van der Waals surface area contributed by atoms with Gasteiger partial charge < -0.3 is 20.1 Å². The number of nitrogens with zero attached hydrogens (tertiary/aromatic N) is 1. The van der Waals surface area contributed by atoms with Gasteiger partial charge in [0.15, 0.2) is 5.75 Å². The van der Waals surface area contributed by atoms with E-state index >= 15 is 0 Å². The molecule has 5 heteroatoms. The van der Waals surface area contributed by atoms with Gasteiger partial charge in [0.25, 0.3) is 0 Å². The van der Waals surface area contributed by atoms with E-state index in [1.807, 2.05) is 11.4 Å². The van der Waals surface area contributed by atoms with Gasteiger partial charge in [-0.3, -0.25) is 0 Å². The molecule has 1 saturated heterocycles. The number of aromatic hydroxyl groups is 1. The molecular formula is C26H32N2O2S. The van der Waals surface area contributed by atoms with Gasteiger partial charge in [-0.1, -0.05) is 60.7 Å². The summed E-state index contributed by atoms with van der Waals surface area (Å²) < 4.78 is 5.69. The molecule has 1 aliphatic heterocycles. The van der Waals surface area contributed by atoms with Crippen LogP contribution in [0.3, 0.4) is 0 Å². The van der Waals surface area contributed by atoms with Crippen LogP contribution in [0.5, 0.6) is 10.8 Å². The summed E-state index contributed by atoms with van der Waals surface area (Å²) in [7, 11) is 0. The van der Waals surface area contributed by atoms with Crippen LogP contribution in [0.4, 0.5) is 0 Å². The number of nitrogens with one attached hydrogen (secondary N) is 1. The number of benzene rings is 2. The summed E-state index contributed by atoms with van der Waals surface area (Å²) in [5.74, 6) is 1.04. The van der Waals surface area contributed by atoms with Crippen molar-refractivity contribution < 1.29 is 9.84 Å². The van der Waals surface area contributed by atoms with Crippen molar-refractivity contribution in [2.24, 2.45) is 0 Å². The molecule has 1 atom stereocenters. The maximum atomic E-state index is 9.68. The summed E-state index contributed by atoms with van der Waals surface area (Å²) in [5, 5.41) is 15.5. The van der Waals surface area contributed by atoms with Crippen molar-refractivity contribution in [3.63, 3.8) is 0 Å². The van der Waals surface area contributed by atoms with Gasteiger partial charge in [0, 0.05) is 31.6 Å². The quantitative estimate of drug-likeness (QED) is 0.434. The van der Waals surface area contributed by atoms with Gasteiger partial charge in [0.2, 0.25) is 5.06 Å². The van der Waals surface area contributed by atoms with E-state index in [0.29, 0.717) is 24.3 Å². The predicted molar refractivity (Wildman–Crippen MR) is 128 cm³/mol. The van der Waals surface area contributed by atoms with Gasteiger partial charge in [-0.15, -0.1) is 11.3 Å². The topological polar surface area (TPSA) is 44.7 Å². The van der Waals surface area contributed by atoms with Crippen molar-refractivity contribution in [3.8, 4) is 10.8 Å². The molecular weight excluding hydrogens is 404 g/mol. The van der Waals surface area contributed by atoms with E-state index in [1.54, 1.807) is 0 Å². The van der Waals surface area contributed by atoms with Gasteiger partial charge in [-0.2, -0.15) is 0 Å². The first-order valence-corrected chi connectivity index (χ1v) is 12.1. The van der Waals surface area contributed by atoms with Gasteiger partial charge in [-0.05, 0) is 48.4 Å². The summed E-state index contributed by atoms with van der Waals surface area (Å²) in [6.45, 7) is 4.97. The SMILES string of the molecule is Oc1sccc1OCCCC1CN(CCC(c2ccccc2)c2ccccc2)CCN1. The zero-order chi connectivity index (χ0) is 21.3. The van der Waals surface area contributed by atoms with Crippen LogP contribution in [0.1, 0.15) is 36.3 Å². The van der Waals surface area contributed by atoms with Crippen LogP contribution in [0, 0.1) is 0 Å². The highest BCUT2D eigenvalue weighted by atomic mass is 32.1. The third-order valence-corrected chi connectivity index (χ3v) is 6.74. The summed E-state index contributed by atoms with van der Waals surface area (Å²) in [6, 6.07) is 24.1. The molecule has 1 unspecified atom stereocenters. The predicted octanol–water partition coefficient (Wildman–Crippen LogP) is 5.11. The minimum absolute atomic E-state index is 0.272. The Morgan fingerprint density at radius 2 is 1.74 bits per heavy atom. The Hall–Kier alpha value is -2.34. The van der Waals surface area contributed by atoms with E-state index in [2.05, 4.69) is 70.9 Å². The zero-order valence-electron chi connectivity index (χ0n) is 18.0. The maximum absolute atomic E-state index is 9.68. The summed E-state index contributed by atoms with van der Waals surface area (Å²) >= 11 is 1.31. The Morgan fingerprint density at radius 1 is 1.03 bits per heavy atom. The lowest BCUT2D eigenvalue weighted by molar-refractivity contribution is 0.183. The number of hydrogen-bond acceptors (Lipinski definition) is 5. The fourth-order valence-corrected chi connectivity index (χ4v) is 4.97. The molecule has 1 aliphatic rings. The van der Waals surface area contributed by atoms with Gasteiger partial charge in [-0.25, -0.2) is 0 Å². The smallest absolute Gasteiger partial charge is 0.214 e. The Labute approximate surface area is 189 Å². The number of hydrogen-bond donors (Lipinski definition) is 2. The molecule has 3 aromatic rings. The second-order valence-corrected chi connectivity index (χ2v) is 9.09. The lowest BCUT2D eigenvalue weighted by atomic mass is 9.88. The van der Waals surface area contributed by atoms with E-state index in [-0.39, 0.29) is 5.06 Å². The van der Waals surface area contributed by atoms with Gasteiger partial charge >= 0.3 is 0 Å². The third kappa shape index (κ3) is 6.33. The molecule has 0 bridgehead atoms. The summed E-state index contributed by atoms with van der Waals surface area (Å²) in [6.07, 6.45) is 3.20. The van der Waals surface area contributed by atoms with E-state index in [1.165, 1.54) is 22.5 Å². The van der Waals surface area contributed by atoms with Crippen molar-refractivity contribution in [3.05, 3.63) is 83.2 Å². The van der Waals surface area contributed by atoms with Gasteiger partial charge in [0.05, 0.1) is 6.61 Å². The number of rotatable bonds is 10. The largest absolute Gasteiger partial charge is 0.497 e. The second-order valence-electron chi connectivity index (χ2n) is 8.19. The first kappa shape index (κ1) is 21.9. The number of thiophene rings is 1. The zero-order valence-corrected chi connectivity index (χ0v) is 18.8. The Bertz CT molecular complexity index is 861. The number of piperazine rings is 1. The highest BCUT2D eigenvalue weighted by Gasteiger charge is 2.21. The summed E-state index contributed by atoms with van der Waals surface area (Å²) in [5.41, 5.74) is 2.79. The fraction of sp³-hybridized carbons (Fsp3) is 0.385. The molecule has 0 radical (unpaired) electrons. The average molecular weight is 437 g/mol. The average Bonchev–Trinajstić information content (AvgIpc) is 3.23. The monoisotopic (exact) mass is 436 g/mol. The van der Waals surface area contributed by atoms with Crippen LogP contribution in [0.2, 0.25) is 0 Å². The Morgan fingerprint density at radius 3 is 2.39 bits per heavy atom. The summed E-state index contributed by atoms with van der Waals surface area (Å²) in [4.78, 5) is 2.60. The van der Waals surface area contributed by atoms with Crippen molar-refractivity contribution in [1.29, 1.82) is 0 Å². The first-order chi connectivity index (χ1) is 15.3. The molecule has 2 heterocycles. The van der Waals surface area contributed by atoms with Crippen LogP contribution in [0.15, 0.2) is 72.1 Å². The van der Waals surface area contributed by atoms with Gasteiger partial charge in [0.1, 0.15) is 0 Å². The van der Waals surface area contributed by atoms with Crippen molar-refractivity contribution in [2.75, 3.05) is 32.8 Å². The molecule has 1 fully saturated rings. The van der Waals surface area contributed by atoms with Crippen LogP contribution in [-0.2, 0) is 0 Å². The molecule has 2 N–H and O–H groups in total. The number of ether oxygens (including phenoxy) is 1. The van der Waals surface area contributed by atoms with E-state index in [9.17, 15) is 5.11 Å². The molecule has 4 nitrogen and oxygen atoms in total. The normalized spacial score (nSPS) is 17.1. The fourth-order valence-electron chi connectivity index (χ4n) is 4.41. The minimum Gasteiger partial charge on any atom is -0.497 e. The van der Waals surface area contributed by atoms with Crippen LogP contribution < -0.4 is 10.1 Å². The lowest BCUT2D eigenvalue weighted by Gasteiger charge is -2.34. The third-order valence-electron chi connectivity index (χ3n) is 6.04. The highest BCUT2D eigenvalue weighted by Crippen LogP contribution is 2.32. The molecule has 0 saturated carbocycles. The minimum atomic E-state index is 0.272. The van der Waals surface area contributed by atoms with E-state index in [4.69, 9.17) is 4.74 Å². The molecule has 0 aliphatic carbocycles. The molecule has 0 spiro atoms. The lowest BCUT2D eigenvalue weighted by Crippen LogP contribution is -2.51.